The average Bonchev–Trinajstić information content (AvgIpc) is 2.99. The fourth-order valence-corrected chi connectivity index (χ4v) is 6.58. The maximum atomic E-state index is 6.46. The van der Waals surface area contributed by atoms with Gasteiger partial charge < -0.3 is 4.74 Å². The molecule has 1 heterocycles. The van der Waals surface area contributed by atoms with Gasteiger partial charge in [0.2, 0.25) is 0 Å². The molecule has 0 radical (unpaired) electrons. The van der Waals surface area contributed by atoms with Crippen LogP contribution in [0.2, 0.25) is 0 Å². The fourth-order valence-electron chi connectivity index (χ4n) is 6.58. The number of fused-ring (bicyclic) bond motifs is 8. The van der Waals surface area contributed by atoms with Crippen molar-refractivity contribution in [1.82, 2.24) is 0 Å². The maximum Gasteiger partial charge on any atom is 0.136 e. The topological polar surface area (TPSA) is 9.23 Å². The van der Waals surface area contributed by atoms with Gasteiger partial charge in [-0.2, -0.15) is 0 Å². The second-order valence-corrected chi connectivity index (χ2v) is 10.5. The molecule has 0 aromatic heterocycles. The molecular weight excluding hydrogens is 472 g/mol. The first kappa shape index (κ1) is 20.9. The third kappa shape index (κ3) is 2.96. The van der Waals surface area contributed by atoms with Gasteiger partial charge in [-0.25, -0.2) is 0 Å². The van der Waals surface area contributed by atoms with Crippen molar-refractivity contribution in [2.24, 2.45) is 0 Å². The number of rotatable bonds is 1. The molecule has 0 atom stereocenters. The van der Waals surface area contributed by atoms with Crippen molar-refractivity contribution < 1.29 is 4.74 Å². The van der Waals surface area contributed by atoms with E-state index in [0.29, 0.717) is 0 Å². The van der Waals surface area contributed by atoms with Gasteiger partial charge in [0.1, 0.15) is 11.5 Å². The molecule has 1 aliphatic heterocycles. The van der Waals surface area contributed by atoms with E-state index in [1.54, 1.807) is 0 Å². The minimum atomic E-state index is 0.911. The molecule has 0 N–H and O–H groups in total. The van der Waals surface area contributed by atoms with Crippen LogP contribution in [-0.4, -0.2) is 0 Å². The summed E-state index contributed by atoms with van der Waals surface area (Å²) in [5.74, 6) is 1.84. The van der Waals surface area contributed by atoms with Crippen molar-refractivity contribution >= 4 is 53.9 Å². The Kier molecular flexibility index (Phi) is 4.11. The van der Waals surface area contributed by atoms with E-state index in [9.17, 15) is 0 Å². The number of para-hydroxylation sites is 1. The zero-order valence-corrected chi connectivity index (χ0v) is 21.1. The lowest BCUT2D eigenvalue weighted by Gasteiger charge is -2.23. The SMILES string of the molecule is c1ccc2c(c1)Oc1cc3ccccc3c3cc(-c4cccc5cc6ccc7ccccc7c6cc45)cc-2c13. The first-order chi connectivity index (χ1) is 19.3. The summed E-state index contributed by atoms with van der Waals surface area (Å²) in [6.07, 6.45) is 0. The van der Waals surface area contributed by atoms with Gasteiger partial charge in [-0.15, -0.1) is 0 Å². The van der Waals surface area contributed by atoms with Crippen LogP contribution in [0.4, 0.5) is 0 Å². The Bertz CT molecular complexity index is 2310. The van der Waals surface area contributed by atoms with E-state index in [1.165, 1.54) is 70.6 Å². The van der Waals surface area contributed by atoms with E-state index in [0.717, 1.165) is 17.1 Å². The van der Waals surface area contributed by atoms with E-state index in [-0.39, 0.29) is 0 Å². The predicted octanol–water partition coefficient (Wildman–Crippen LogP) is 10.9. The van der Waals surface area contributed by atoms with E-state index >= 15 is 0 Å². The monoisotopic (exact) mass is 494 g/mol. The highest BCUT2D eigenvalue weighted by Gasteiger charge is 2.23. The van der Waals surface area contributed by atoms with Crippen molar-refractivity contribution in [3.8, 4) is 33.8 Å². The Morgan fingerprint density at radius 2 is 1.00 bits per heavy atom. The Labute approximate surface area is 225 Å². The van der Waals surface area contributed by atoms with Crippen molar-refractivity contribution in [2.45, 2.75) is 0 Å². The molecule has 1 nitrogen and oxygen atoms in total. The van der Waals surface area contributed by atoms with E-state index in [4.69, 9.17) is 4.74 Å². The number of hydrogen-bond donors (Lipinski definition) is 0. The second-order valence-electron chi connectivity index (χ2n) is 10.5. The van der Waals surface area contributed by atoms with Crippen LogP contribution in [0.3, 0.4) is 0 Å². The molecule has 1 heteroatoms. The molecule has 0 saturated heterocycles. The second kappa shape index (κ2) is 7.69. The van der Waals surface area contributed by atoms with E-state index in [1.807, 2.05) is 6.07 Å². The largest absolute Gasteiger partial charge is 0.456 e. The molecule has 0 fully saturated rings. The minimum Gasteiger partial charge on any atom is -0.456 e. The molecule has 1 aliphatic rings. The van der Waals surface area contributed by atoms with Gasteiger partial charge in [0, 0.05) is 10.9 Å². The van der Waals surface area contributed by atoms with Crippen LogP contribution < -0.4 is 4.74 Å². The fraction of sp³-hybridized carbons (Fsp3) is 0. The molecule has 0 amide bonds. The summed E-state index contributed by atoms with van der Waals surface area (Å²) < 4.78 is 6.46. The first-order valence-corrected chi connectivity index (χ1v) is 13.4. The van der Waals surface area contributed by atoms with Crippen LogP contribution >= 0.6 is 0 Å². The number of ether oxygens (including phenoxy) is 1. The van der Waals surface area contributed by atoms with Gasteiger partial charge in [0.05, 0.1) is 0 Å². The predicted molar refractivity (Wildman–Crippen MR) is 165 cm³/mol. The molecule has 0 saturated carbocycles. The molecule has 0 unspecified atom stereocenters. The van der Waals surface area contributed by atoms with Crippen LogP contribution in [-0.2, 0) is 0 Å². The zero-order valence-electron chi connectivity index (χ0n) is 21.1. The minimum absolute atomic E-state index is 0.911. The molecule has 8 aromatic rings. The Morgan fingerprint density at radius 3 is 1.92 bits per heavy atom. The Morgan fingerprint density at radius 1 is 0.333 bits per heavy atom. The first-order valence-electron chi connectivity index (χ1n) is 13.4. The summed E-state index contributed by atoms with van der Waals surface area (Å²) in [6, 6.07) is 48.5. The standard InChI is InChI=1S/C38H22O/c1-3-11-28-23(8-1)16-17-26-18-24-10-7-14-30(32(24)22-33(26)28)27-19-34-29-12-4-2-9-25(29)21-37-38(34)35(20-27)31-13-5-6-15-36(31)39-37/h1-22H. The van der Waals surface area contributed by atoms with Gasteiger partial charge in [-0.05, 0) is 102 Å². The van der Waals surface area contributed by atoms with Gasteiger partial charge >= 0.3 is 0 Å². The normalized spacial score (nSPS) is 12.3. The highest BCUT2D eigenvalue weighted by Crippen LogP contribution is 2.50. The average molecular weight is 495 g/mol. The van der Waals surface area contributed by atoms with Crippen molar-refractivity contribution in [3.63, 3.8) is 0 Å². The summed E-state index contributed by atoms with van der Waals surface area (Å²) >= 11 is 0. The van der Waals surface area contributed by atoms with Gasteiger partial charge in [-0.1, -0.05) is 97.1 Å². The van der Waals surface area contributed by atoms with Crippen molar-refractivity contribution in [1.29, 1.82) is 0 Å². The number of hydrogen-bond acceptors (Lipinski definition) is 1. The molecule has 8 aromatic carbocycles. The van der Waals surface area contributed by atoms with Crippen LogP contribution in [0.25, 0.3) is 76.1 Å². The highest BCUT2D eigenvalue weighted by molar-refractivity contribution is 6.19. The van der Waals surface area contributed by atoms with Crippen LogP contribution in [0.5, 0.6) is 11.5 Å². The maximum absolute atomic E-state index is 6.46. The lowest BCUT2D eigenvalue weighted by atomic mass is 9.87. The summed E-state index contributed by atoms with van der Waals surface area (Å²) in [6.45, 7) is 0. The lowest BCUT2D eigenvalue weighted by Crippen LogP contribution is -1.98. The molecule has 0 aliphatic carbocycles. The Hall–Kier alpha value is -5.14. The third-order valence-corrected chi connectivity index (χ3v) is 8.37. The summed E-state index contributed by atoms with van der Waals surface area (Å²) in [4.78, 5) is 0. The zero-order chi connectivity index (χ0) is 25.5. The van der Waals surface area contributed by atoms with Crippen LogP contribution in [0.1, 0.15) is 0 Å². The molecule has 39 heavy (non-hydrogen) atoms. The van der Waals surface area contributed by atoms with Crippen molar-refractivity contribution in [2.75, 3.05) is 0 Å². The summed E-state index contributed by atoms with van der Waals surface area (Å²) in [5, 5.41) is 12.5. The third-order valence-electron chi connectivity index (χ3n) is 8.37. The Balaban J connectivity index is 1.42. The molecule has 0 spiro atoms. The smallest absolute Gasteiger partial charge is 0.136 e. The van der Waals surface area contributed by atoms with E-state index < -0.39 is 0 Å². The molecule has 9 rings (SSSR count). The van der Waals surface area contributed by atoms with Crippen molar-refractivity contribution in [3.05, 3.63) is 133 Å². The molecule has 0 bridgehead atoms. The molecular formula is C38H22O. The van der Waals surface area contributed by atoms with E-state index in [2.05, 4.69) is 127 Å². The van der Waals surface area contributed by atoms with Crippen LogP contribution in [0.15, 0.2) is 133 Å². The number of benzene rings is 8. The highest BCUT2D eigenvalue weighted by atomic mass is 16.5. The van der Waals surface area contributed by atoms with Gasteiger partial charge in [0.15, 0.2) is 0 Å². The van der Waals surface area contributed by atoms with Crippen LogP contribution in [0, 0.1) is 0 Å². The van der Waals surface area contributed by atoms with Gasteiger partial charge in [0.25, 0.3) is 0 Å². The lowest BCUT2D eigenvalue weighted by molar-refractivity contribution is 0.487. The summed E-state index contributed by atoms with van der Waals surface area (Å²) in [7, 11) is 0. The molecule has 180 valence electrons. The van der Waals surface area contributed by atoms with Gasteiger partial charge in [-0.3, -0.25) is 0 Å². The summed E-state index contributed by atoms with van der Waals surface area (Å²) in [5.41, 5.74) is 4.85. The quantitative estimate of drug-likeness (QED) is 0.163.